The summed E-state index contributed by atoms with van der Waals surface area (Å²) in [5.41, 5.74) is 1.98. The molecule has 0 fully saturated rings. The quantitative estimate of drug-likeness (QED) is 0.874. The molecule has 1 amide bonds. The van der Waals surface area contributed by atoms with E-state index in [1.807, 2.05) is 31.9 Å². The number of anilines is 1. The number of nitrogens with zero attached hydrogens (tertiary/aromatic N) is 5. The first-order valence-electron chi connectivity index (χ1n) is 6.44. The lowest BCUT2D eigenvalue weighted by molar-refractivity contribution is 0.102. The van der Waals surface area contributed by atoms with Crippen molar-refractivity contribution in [2.75, 3.05) is 26.0 Å². The van der Waals surface area contributed by atoms with E-state index in [1.54, 1.807) is 24.1 Å². The molecule has 108 valence electrons. The molecule has 0 aromatic carbocycles. The van der Waals surface area contributed by atoms with Gasteiger partial charge in [-0.05, 0) is 21.0 Å². The lowest BCUT2D eigenvalue weighted by Crippen LogP contribution is -2.18. The van der Waals surface area contributed by atoms with Crippen LogP contribution in [0.3, 0.4) is 0 Å². The summed E-state index contributed by atoms with van der Waals surface area (Å²) in [6.07, 6.45) is 5.19. The molecule has 2 rings (SSSR count). The molecule has 0 aliphatic heterocycles. The Morgan fingerprint density at radius 1 is 1.40 bits per heavy atom. The van der Waals surface area contributed by atoms with E-state index in [4.69, 9.17) is 0 Å². The van der Waals surface area contributed by atoms with Gasteiger partial charge in [0.15, 0.2) is 0 Å². The van der Waals surface area contributed by atoms with Crippen molar-refractivity contribution in [1.82, 2.24) is 24.5 Å². The Hall–Kier alpha value is -2.15. The normalized spacial score (nSPS) is 11.1. The lowest BCUT2D eigenvalue weighted by Gasteiger charge is -2.08. The maximum atomic E-state index is 12.1. The highest BCUT2D eigenvalue weighted by Gasteiger charge is 2.13. The Morgan fingerprint density at radius 3 is 2.75 bits per heavy atom. The molecule has 2 aromatic heterocycles. The van der Waals surface area contributed by atoms with Crippen LogP contribution < -0.4 is 5.32 Å². The van der Waals surface area contributed by atoms with Gasteiger partial charge in [-0.2, -0.15) is 10.2 Å². The number of hydrogen-bond acceptors (Lipinski definition) is 4. The molecule has 1 N–H and O–H groups in total. The predicted molar refractivity (Wildman–Crippen MR) is 76.7 cm³/mol. The maximum absolute atomic E-state index is 12.1. The zero-order chi connectivity index (χ0) is 14.7. The molecule has 2 heterocycles. The second-order valence-corrected chi connectivity index (χ2v) is 5.05. The van der Waals surface area contributed by atoms with E-state index in [0.717, 1.165) is 13.1 Å². The molecule has 0 aliphatic carbocycles. The second-order valence-electron chi connectivity index (χ2n) is 5.05. The van der Waals surface area contributed by atoms with Crippen LogP contribution in [0, 0.1) is 6.92 Å². The van der Waals surface area contributed by atoms with Gasteiger partial charge in [0.05, 0.1) is 29.7 Å². The molecule has 20 heavy (non-hydrogen) atoms. The van der Waals surface area contributed by atoms with E-state index in [2.05, 4.69) is 20.4 Å². The van der Waals surface area contributed by atoms with Gasteiger partial charge < -0.3 is 10.2 Å². The number of carbonyl (C=O) groups is 1. The average molecular weight is 276 g/mol. The summed E-state index contributed by atoms with van der Waals surface area (Å²) in [6, 6.07) is 0. The molecule has 0 spiro atoms. The minimum Gasteiger partial charge on any atom is -0.319 e. The van der Waals surface area contributed by atoms with Crippen LogP contribution in [0.2, 0.25) is 0 Å². The average Bonchev–Trinajstić information content (AvgIpc) is 2.93. The summed E-state index contributed by atoms with van der Waals surface area (Å²) in [5.74, 6) is -0.164. The zero-order valence-corrected chi connectivity index (χ0v) is 12.3. The predicted octanol–water partition coefficient (Wildman–Crippen LogP) is 0.739. The summed E-state index contributed by atoms with van der Waals surface area (Å²) in [5, 5.41) is 11.2. The fourth-order valence-electron chi connectivity index (χ4n) is 1.87. The van der Waals surface area contributed by atoms with Crippen LogP contribution in [-0.4, -0.2) is 51.0 Å². The number of hydrogen-bond donors (Lipinski definition) is 1. The van der Waals surface area contributed by atoms with E-state index in [0.29, 0.717) is 16.9 Å². The fourth-order valence-corrected chi connectivity index (χ4v) is 1.87. The summed E-state index contributed by atoms with van der Waals surface area (Å²) >= 11 is 0. The highest BCUT2D eigenvalue weighted by Crippen LogP contribution is 2.10. The number of rotatable bonds is 5. The SMILES string of the molecule is Cc1nn(C)cc1C(=O)Nc1cnn(CCN(C)C)c1. The molecule has 0 saturated carbocycles. The molecule has 7 nitrogen and oxygen atoms in total. The highest BCUT2D eigenvalue weighted by molar-refractivity contribution is 6.04. The minimum atomic E-state index is -0.164. The first-order valence-corrected chi connectivity index (χ1v) is 6.44. The summed E-state index contributed by atoms with van der Waals surface area (Å²) in [6.45, 7) is 3.50. The first kappa shape index (κ1) is 14.3. The van der Waals surface area contributed by atoms with Gasteiger partial charge in [-0.3, -0.25) is 14.2 Å². The van der Waals surface area contributed by atoms with Crippen LogP contribution in [0.5, 0.6) is 0 Å². The number of carbonyl (C=O) groups excluding carboxylic acids is 1. The molecular formula is C13H20N6O. The van der Waals surface area contributed by atoms with Crippen molar-refractivity contribution in [2.24, 2.45) is 7.05 Å². The largest absolute Gasteiger partial charge is 0.319 e. The van der Waals surface area contributed by atoms with Gasteiger partial charge in [0.1, 0.15) is 0 Å². The van der Waals surface area contributed by atoms with Crippen LogP contribution in [0.4, 0.5) is 5.69 Å². The van der Waals surface area contributed by atoms with Crippen molar-refractivity contribution in [2.45, 2.75) is 13.5 Å². The van der Waals surface area contributed by atoms with E-state index in [1.165, 1.54) is 0 Å². The number of aromatic nitrogens is 4. The third kappa shape index (κ3) is 3.45. The van der Waals surface area contributed by atoms with Crippen LogP contribution in [0.25, 0.3) is 0 Å². The molecule has 0 atom stereocenters. The number of likely N-dealkylation sites (N-methyl/N-ethyl adjacent to an activating group) is 1. The Kier molecular flexibility index (Phi) is 4.19. The van der Waals surface area contributed by atoms with Gasteiger partial charge in [-0.25, -0.2) is 0 Å². The van der Waals surface area contributed by atoms with E-state index in [-0.39, 0.29) is 5.91 Å². The number of amides is 1. The Balaban J connectivity index is 2.00. The monoisotopic (exact) mass is 276 g/mol. The molecule has 7 heteroatoms. The number of aryl methyl sites for hydroxylation is 2. The Labute approximate surface area is 118 Å². The van der Waals surface area contributed by atoms with E-state index >= 15 is 0 Å². The van der Waals surface area contributed by atoms with Crippen molar-refractivity contribution in [3.63, 3.8) is 0 Å². The van der Waals surface area contributed by atoms with Crippen LogP contribution in [-0.2, 0) is 13.6 Å². The highest BCUT2D eigenvalue weighted by atomic mass is 16.1. The standard InChI is InChI=1S/C13H20N6O/c1-10-12(9-18(4)16-10)13(20)15-11-7-14-19(8-11)6-5-17(2)3/h7-9H,5-6H2,1-4H3,(H,15,20). The van der Waals surface area contributed by atoms with Crippen molar-refractivity contribution in [3.8, 4) is 0 Å². The summed E-state index contributed by atoms with van der Waals surface area (Å²) < 4.78 is 3.44. The maximum Gasteiger partial charge on any atom is 0.259 e. The zero-order valence-electron chi connectivity index (χ0n) is 12.3. The van der Waals surface area contributed by atoms with E-state index < -0.39 is 0 Å². The molecule has 0 aliphatic rings. The minimum absolute atomic E-state index is 0.164. The second kappa shape index (κ2) is 5.87. The van der Waals surface area contributed by atoms with Gasteiger partial charge in [-0.1, -0.05) is 0 Å². The van der Waals surface area contributed by atoms with Crippen molar-refractivity contribution in [3.05, 3.63) is 29.8 Å². The smallest absolute Gasteiger partial charge is 0.259 e. The molecular weight excluding hydrogens is 256 g/mol. The molecule has 0 unspecified atom stereocenters. The lowest BCUT2D eigenvalue weighted by atomic mass is 10.2. The van der Waals surface area contributed by atoms with Crippen LogP contribution in [0.15, 0.2) is 18.6 Å². The first-order chi connectivity index (χ1) is 9.45. The van der Waals surface area contributed by atoms with E-state index in [9.17, 15) is 4.79 Å². The third-order valence-corrected chi connectivity index (χ3v) is 2.93. The molecule has 2 aromatic rings. The molecule has 0 saturated heterocycles. The fraction of sp³-hybridized carbons (Fsp3) is 0.462. The van der Waals surface area contributed by atoms with Crippen molar-refractivity contribution < 1.29 is 4.79 Å². The van der Waals surface area contributed by atoms with Gasteiger partial charge in [-0.15, -0.1) is 0 Å². The van der Waals surface area contributed by atoms with Gasteiger partial charge in [0.2, 0.25) is 0 Å². The Morgan fingerprint density at radius 2 is 2.15 bits per heavy atom. The summed E-state index contributed by atoms with van der Waals surface area (Å²) in [4.78, 5) is 14.2. The van der Waals surface area contributed by atoms with Gasteiger partial charge in [0.25, 0.3) is 5.91 Å². The van der Waals surface area contributed by atoms with Crippen molar-refractivity contribution >= 4 is 11.6 Å². The van der Waals surface area contributed by atoms with Crippen molar-refractivity contribution in [1.29, 1.82) is 0 Å². The molecule has 0 radical (unpaired) electrons. The number of nitrogens with one attached hydrogen (secondary N) is 1. The van der Waals surface area contributed by atoms with Gasteiger partial charge >= 0.3 is 0 Å². The topological polar surface area (TPSA) is 68.0 Å². The third-order valence-electron chi connectivity index (χ3n) is 2.93. The molecule has 0 bridgehead atoms. The Bertz CT molecular complexity index is 598. The van der Waals surface area contributed by atoms with Crippen LogP contribution >= 0.6 is 0 Å². The van der Waals surface area contributed by atoms with Gasteiger partial charge in [0, 0.05) is 26.0 Å². The van der Waals surface area contributed by atoms with Crippen LogP contribution in [0.1, 0.15) is 16.1 Å². The summed E-state index contributed by atoms with van der Waals surface area (Å²) in [7, 11) is 5.82.